The fourth-order valence-electron chi connectivity index (χ4n) is 3.26. The average Bonchev–Trinajstić information content (AvgIpc) is 2.75. The van der Waals surface area contributed by atoms with E-state index in [0.29, 0.717) is 23.4 Å². The summed E-state index contributed by atoms with van der Waals surface area (Å²) in [6.45, 7) is 3.44. The highest BCUT2D eigenvalue weighted by atomic mass is 19.1. The Balaban J connectivity index is 1.82. The molecule has 2 aromatic heterocycles. The molecule has 3 rings (SSSR count). The molecule has 3 aromatic rings. The number of benzene rings is 1. The Labute approximate surface area is 169 Å². The fourth-order valence-corrected chi connectivity index (χ4v) is 3.26. The number of hydrogen-bond acceptors (Lipinski definition) is 5. The van der Waals surface area contributed by atoms with Crippen LogP contribution in [-0.2, 0) is 12.0 Å². The van der Waals surface area contributed by atoms with Gasteiger partial charge < -0.3 is 9.84 Å². The molecule has 0 saturated heterocycles. The first kappa shape index (κ1) is 20.6. The molecular weight excluding hydrogens is 371 g/mol. The van der Waals surface area contributed by atoms with Crippen LogP contribution in [0.15, 0.2) is 55.0 Å². The summed E-state index contributed by atoms with van der Waals surface area (Å²) in [7, 11) is 1.59. The van der Waals surface area contributed by atoms with Gasteiger partial charge in [-0.05, 0) is 42.7 Å². The molecule has 2 heterocycles. The van der Waals surface area contributed by atoms with Crippen molar-refractivity contribution in [3.8, 4) is 5.75 Å². The molecule has 1 N–H and O–H groups in total. The average molecular weight is 394 g/mol. The second-order valence-electron chi connectivity index (χ2n) is 6.87. The zero-order valence-electron chi connectivity index (χ0n) is 16.6. The molecule has 150 valence electrons. The number of ether oxygens (including phenoxy) is 1. The van der Waals surface area contributed by atoms with Crippen molar-refractivity contribution < 1.29 is 19.0 Å². The third-order valence-electron chi connectivity index (χ3n) is 5.18. The van der Waals surface area contributed by atoms with Gasteiger partial charge >= 0.3 is 0 Å². The van der Waals surface area contributed by atoms with E-state index in [1.165, 1.54) is 6.20 Å². The Bertz CT molecular complexity index is 1000. The third-order valence-corrected chi connectivity index (χ3v) is 5.18. The van der Waals surface area contributed by atoms with Gasteiger partial charge in [0.05, 0.1) is 19.7 Å². The molecule has 0 amide bonds. The minimum atomic E-state index is -1.20. The lowest BCUT2D eigenvalue weighted by Crippen LogP contribution is -2.26. The monoisotopic (exact) mass is 394 g/mol. The van der Waals surface area contributed by atoms with Gasteiger partial charge in [0.15, 0.2) is 5.78 Å². The Morgan fingerprint density at radius 3 is 2.38 bits per heavy atom. The van der Waals surface area contributed by atoms with Crippen LogP contribution in [0.5, 0.6) is 5.75 Å². The molecule has 0 fully saturated rings. The Hall–Kier alpha value is -3.12. The summed E-state index contributed by atoms with van der Waals surface area (Å²) in [4.78, 5) is 20.6. The summed E-state index contributed by atoms with van der Waals surface area (Å²) in [6.07, 6.45) is 4.51. The number of halogens is 1. The van der Waals surface area contributed by atoms with E-state index in [9.17, 15) is 14.3 Å². The van der Waals surface area contributed by atoms with Crippen LogP contribution in [0, 0.1) is 12.7 Å². The number of aromatic nitrogens is 2. The molecular formula is C23H23FN2O3. The van der Waals surface area contributed by atoms with E-state index in [0.717, 1.165) is 11.8 Å². The smallest absolute Gasteiger partial charge is 0.170 e. The van der Waals surface area contributed by atoms with E-state index in [2.05, 4.69) is 9.97 Å². The lowest BCUT2D eigenvalue weighted by Gasteiger charge is -2.28. The number of nitrogens with zero attached hydrogens (tertiary/aromatic N) is 2. The maximum absolute atomic E-state index is 13.6. The van der Waals surface area contributed by atoms with Gasteiger partial charge in [-0.3, -0.25) is 14.8 Å². The standard InChI is InChI=1S/C23H23FN2O3/c1-4-23(28,16-6-9-19(29-3)10-7-16)17-5-8-18(26-12-17)11-22(27)20-13-25-14-21(24)15(20)2/h5-10,12-14,28H,4,11H2,1-3H3. The van der Waals surface area contributed by atoms with Crippen LogP contribution in [0.25, 0.3) is 0 Å². The van der Waals surface area contributed by atoms with Crippen molar-refractivity contribution in [2.75, 3.05) is 7.11 Å². The Morgan fingerprint density at radius 2 is 1.79 bits per heavy atom. The summed E-state index contributed by atoms with van der Waals surface area (Å²) in [5.74, 6) is -0.0522. The molecule has 5 nitrogen and oxygen atoms in total. The second kappa shape index (κ2) is 8.49. The van der Waals surface area contributed by atoms with Crippen LogP contribution in [-0.4, -0.2) is 28.0 Å². The molecule has 1 unspecified atom stereocenters. The number of carbonyl (C=O) groups excluding carboxylic acids is 1. The van der Waals surface area contributed by atoms with Gasteiger partial charge in [0, 0.05) is 29.2 Å². The molecule has 1 atom stereocenters. The number of ketones is 1. The minimum absolute atomic E-state index is 0.0271. The SMILES string of the molecule is CCC(O)(c1ccc(OC)cc1)c1ccc(CC(=O)c2cncc(F)c2C)nc1. The van der Waals surface area contributed by atoms with Crippen LogP contribution < -0.4 is 4.74 Å². The van der Waals surface area contributed by atoms with Gasteiger partial charge in [-0.25, -0.2) is 4.39 Å². The van der Waals surface area contributed by atoms with E-state index < -0.39 is 11.4 Å². The van der Waals surface area contributed by atoms with Crippen LogP contribution in [0.3, 0.4) is 0 Å². The van der Waals surface area contributed by atoms with E-state index >= 15 is 0 Å². The number of rotatable bonds is 7. The van der Waals surface area contributed by atoms with Crippen molar-refractivity contribution in [2.45, 2.75) is 32.3 Å². The molecule has 29 heavy (non-hydrogen) atoms. The normalized spacial score (nSPS) is 13.0. The Kier molecular flexibility index (Phi) is 6.03. The zero-order chi connectivity index (χ0) is 21.0. The van der Waals surface area contributed by atoms with Gasteiger partial charge in [-0.1, -0.05) is 25.1 Å². The molecule has 0 saturated carbocycles. The first-order valence-corrected chi connectivity index (χ1v) is 9.34. The van der Waals surface area contributed by atoms with Crippen molar-refractivity contribution in [3.05, 3.63) is 88.8 Å². The van der Waals surface area contributed by atoms with Crippen molar-refractivity contribution >= 4 is 5.78 Å². The van der Waals surface area contributed by atoms with Crippen molar-refractivity contribution in [3.63, 3.8) is 0 Å². The molecule has 1 aromatic carbocycles. The van der Waals surface area contributed by atoms with Crippen molar-refractivity contribution in [1.82, 2.24) is 9.97 Å². The van der Waals surface area contributed by atoms with Crippen LogP contribution >= 0.6 is 0 Å². The molecule has 0 spiro atoms. The Morgan fingerprint density at radius 1 is 1.10 bits per heavy atom. The van der Waals surface area contributed by atoms with Crippen molar-refractivity contribution in [1.29, 1.82) is 0 Å². The molecule has 0 aliphatic heterocycles. The molecule has 6 heteroatoms. The molecule has 0 radical (unpaired) electrons. The highest BCUT2D eigenvalue weighted by molar-refractivity contribution is 5.98. The summed E-state index contributed by atoms with van der Waals surface area (Å²) in [5.41, 5.74) is 1.22. The summed E-state index contributed by atoms with van der Waals surface area (Å²) < 4.78 is 18.8. The van der Waals surface area contributed by atoms with Crippen LogP contribution in [0.4, 0.5) is 4.39 Å². The summed E-state index contributed by atoms with van der Waals surface area (Å²) in [6, 6.07) is 10.7. The van der Waals surface area contributed by atoms with Crippen LogP contribution in [0.2, 0.25) is 0 Å². The predicted octanol–water partition coefficient (Wildman–Crippen LogP) is 4.00. The number of aliphatic hydroxyl groups is 1. The molecule has 0 aliphatic rings. The zero-order valence-corrected chi connectivity index (χ0v) is 16.6. The number of methoxy groups -OCH3 is 1. The quantitative estimate of drug-likeness (QED) is 0.613. The lowest BCUT2D eigenvalue weighted by molar-refractivity contribution is 0.0761. The summed E-state index contributed by atoms with van der Waals surface area (Å²) in [5, 5.41) is 11.2. The van der Waals surface area contributed by atoms with E-state index in [1.54, 1.807) is 44.5 Å². The van der Waals surface area contributed by atoms with E-state index in [4.69, 9.17) is 4.74 Å². The van der Waals surface area contributed by atoms with E-state index in [-0.39, 0.29) is 23.3 Å². The largest absolute Gasteiger partial charge is 0.497 e. The van der Waals surface area contributed by atoms with Gasteiger partial charge in [0.25, 0.3) is 0 Å². The first-order valence-electron chi connectivity index (χ1n) is 9.34. The topological polar surface area (TPSA) is 72.3 Å². The fraction of sp³-hybridized carbons (Fsp3) is 0.261. The maximum atomic E-state index is 13.6. The van der Waals surface area contributed by atoms with Gasteiger partial charge in [0.1, 0.15) is 17.2 Å². The second-order valence-corrected chi connectivity index (χ2v) is 6.87. The lowest BCUT2D eigenvalue weighted by atomic mass is 9.85. The number of Topliss-reactive ketones (excluding diaryl/α,β-unsaturated/α-hetero) is 1. The highest BCUT2D eigenvalue weighted by Crippen LogP contribution is 2.33. The maximum Gasteiger partial charge on any atom is 0.170 e. The van der Waals surface area contributed by atoms with Gasteiger partial charge in [-0.15, -0.1) is 0 Å². The first-order chi connectivity index (χ1) is 13.9. The number of hydrogen-bond donors (Lipinski definition) is 1. The number of pyridine rings is 2. The third kappa shape index (κ3) is 4.17. The number of carbonyl (C=O) groups is 1. The van der Waals surface area contributed by atoms with E-state index in [1.807, 2.05) is 19.1 Å². The van der Waals surface area contributed by atoms with Crippen molar-refractivity contribution in [2.24, 2.45) is 0 Å². The van der Waals surface area contributed by atoms with Gasteiger partial charge in [0.2, 0.25) is 0 Å². The van der Waals surface area contributed by atoms with Gasteiger partial charge in [-0.2, -0.15) is 0 Å². The predicted molar refractivity (Wildman–Crippen MR) is 107 cm³/mol. The van der Waals surface area contributed by atoms with Crippen LogP contribution in [0.1, 0.15) is 46.1 Å². The minimum Gasteiger partial charge on any atom is -0.497 e. The highest BCUT2D eigenvalue weighted by Gasteiger charge is 2.30. The summed E-state index contributed by atoms with van der Waals surface area (Å²) >= 11 is 0. The molecule has 0 aliphatic carbocycles. The molecule has 0 bridgehead atoms.